The molecule has 3 rings (SSSR count). The van der Waals surface area contributed by atoms with Gasteiger partial charge < -0.3 is 5.11 Å². The molecule has 0 aromatic carbocycles. The van der Waals surface area contributed by atoms with Gasteiger partial charge in [0.25, 0.3) is 0 Å². The van der Waals surface area contributed by atoms with Crippen LogP contribution < -0.4 is 0 Å². The van der Waals surface area contributed by atoms with Crippen molar-refractivity contribution < 1.29 is 9.90 Å². The number of likely N-dealkylation sites (tertiary alicyclic amines) is 2. The number of pyridine rings is 1. The maximum absolute atomic E-state index is 11.2. The van der Waals surface area contributed by atoms with E-state index < -0.39 is 5.97 Å². The highest BCUT2D eigenvalue weighted by Crippen LogP contribution is 2.24. The van der Waals surface area contributed by atoms with Gasteiger partial charge in [-0.25, -0.2) is 0 Å². The van der Waals surface area contributed by atoms with Crippen LogP contribution in [0.25, 0.3) is 0 Å². The van der Waals surface area contributed by atoms with E-state index in [9.17, 15) is 9.90 Å². The molecule has 136 valence electrons. The molecule has 1 aromatic heterocycles. The molecule has 1 atom stereocenters. The molecule has 3 heterocycles. The summed E-state index contributed by atoms with van der Waals surface area (Å²) in [5.41, 5.74) is 1.32. The third kappa shape index (κ3) is 5.59. The van der Waals surface area contributed by atoms with E-state index in [1.54, 1.807) is 0 Å². The minimum Gasteiger partial charge on any atom is -0.481 e. The highest BCUT2D eigenvalue weighted by atomic mass is 35.5. The number of aliphatic carboxylic acids is 1. The Labute approximate surface area is 156 Å². The molecule has 1 aromatic rings. The van der Waals surface area contributed by atoms with Crippen molar-refractivity contribution in [1.82, 2.24) is 14.8 Å². The molecule has 2 aliphatic heterocycles. The zero-order valence-electron chi connectivity index (χ0n) is 13.8. The van der Waals surface area contributed by atoms with Crippen LogP contribution in [0, 0.1) is 5.92 Å². The monoisotopic (exact) mass is 375 g/mol. The Morgan fingerprint density at radius 2 is 1.79 bits per heavy atom. The van der Waals surface area contributed by atoms with Gasteiger partial charge in [-0.2, -0.15) is 0 Å². The van der Waals surface area contributed by atoms with Crippen LogP contribution >= 0.6 is 24.8 Å². The van der Waals surface area contributed by atoms with Gasteiger partial charge in [0.05, 0.1) is 5.92 Å². The second-order valence-corrected chi connectivity index (χ2v) is 6.54. The maximum Gasteiger partial charge on any atom is 0.307 e. The third-order valence-corrected chi connectivity index (χ3v) is 5.03. The summed E-state index contributed by atoms with van der Waals surface area (Å²) in [6.07, 6.45) is 7.86. The number of aromatic nitrogens is 1. The van der Waals surface area contributed by atoms with Gasteiger partial charge in [-0.3, -0.25) is 19.6 Å². The minimum absolute atomic E-state index is 0. The SMILES string of the molecule is Cl.Cl.O=C(O)C1CCCN(C2CCN(Cc3ccncc3)CC2)C1. The highest BCUT2D eigenvalue weighted by molar-refractivity contribution is 5.85. The van der Waals surface area contributed by atoms with Gasteiger partial charge in [0.1, 0.15) is 0 Å². The van der Waals surface area contributed by atoms with E-state index in [-0.39, 0.29) is 30.7 Å². The van der Waals surface area contributed by atoms with E-state index in [0.29, 0.717) is 6.04 Å². The minimum atomic E-state index is -0.625. The summed E-state index contributed by atoms with van der Waals surface area (Å²) in [6.45, 7) is 5.00. The van der Waals surface area contributed by atoms with Crippen LogP contribution in [0.2, 0.25) is 0 Å². The molecule has 0 amide bonds. The molecule has 2 aliphatic rings. The number of carboxylic acids is 1. The summed E-state index contributed by atoms with van der Waals surface area (Å²) in [5, 5.41) is 9.22. The zero-order chi connectivity index (χ0) is 15.4. The van der Waals surface area contributed by atoms with E-state index >= 15 is 0 Å². The fraction of sp³-hybridized carbons (Fsp3) is 0.647. The van der Waals surface area contributed by atoms with E-state index in [4.69, 9.17) is 0 Å². The first-order valence-electron chi connectivity index (χ1n) is 8.30. The lowest BCUT2D eigenvalue weighted by Gasteiger charge is -2.41. The summed E-state index contributed by atoms with van der Waals surface area (Å²) in [7, 11) is 0. The van der Waals surface area contributed by atoms with Crippen molar-refractivity contribution in [3.05, 3.63) is 30.1 Å². The normalized spacial score (nSPS) is 23.1. The molecule has 0 bridgehead atoms. The number of nitrogens with zero attached hydrogens (tertiary/aromatic N) is 3. The average molecular weight is 376 g/mol. The quantitative estimate of drug-likeness (QED) is 0.876. The predicted octanol–water partition coefficient (Wildman–Crippen LogP) is 2.69. The van der Waals surface area contributed by atoms with Crippen LogP contribution in [-0.4, -0.2) is 58.1 Å². The Bertz CT molecular complexity index is 496. The van der Waals surface area contributed by atoms with Crippen molar-refractivity contribution in [1.29, 1.82) is 0 Å². The summed E-state index contributed by atoms with van der Waals surface area (Å²) in [5.74, 6) is -0.788. The predicted molar refractivity (Wildman–Crippen MR) is 99.0 cm³/mol. The summed E-state index contributed by atoms with van der Waals surface area (Å²) in [6, 6.07) is 4.72. The number of rotatable bonds is 4. The third-order valence-electron chi connectivity index (χ3n) is 5.03. The lowest BCUT2D eigenvalue weighted by Crippen LogP contribution is -2.49. The van der Waals surface area contributed by atoms with Crippen molar-refractivity contribution in [2.45, 2.75) is 38.3 Å². The number of hydrogen-bond donors (Lipinski definition) is 1. The first-order chi connectivity index (χ1) is 10.7. The molecule has 1 N–H and O–H groups in total. The van der Waals surface area contributed by atoms with Gasteiger partial charge in [-0.1, -0.05) is 0 Å². The van der Waals surface area contributed by atoms with Crippen LogP contribution in [0.3, 0.4) is 0 Å². The molecular weight excluding hydrogens is 349 g/mol. The van der Waals surface area contributed by atoms with E-state index in [1.165, 1.54) is 5.56 Å². The molecule has 2 saturated heterocycles. The number of hydrogen-bond acceptors (Lipinski definition) is 4. The second-order valence-electron chi connectivity index (χ2n) is 6.54. The fourth-order valence-electron chi connectivity index (χ4n) is 3.73. The van der Waals surface area contributed by atoms with Crippen molar-refractivity contribution in [3.63, 3.8) is 0 Å². The van der Waals surface area contributed by atoms with E-state index in [1.807, 2.05) is 12.4 Å². The van der Waals surface area contributed by atoms with Crippen LogP contribution in [0.1, 0.15) is 31.2 Å². The molecular formula is C17H27Cl2N3O2. The lowest BCUT2D eigenvalue weighted by atomic mass is 9.94. The molecule has 0 spiro atoms. The number of piperidine rings is 2. The molecule has 2 fully saturated rings. The van der Waals surface area contributed by atoms with Crippen LogP contribution in [0.4, 0.5) is 0 Å². The summed E-state index contributed by atoms with van der Waals surface area (Å²) < 4.78 is 0. The molecule has 5 nitrogen and oxygen atoms in total. The molecule has 7 heteroatoms. The van der Waals surface area contributed by atoms with Crippen molar-refractivity contribution >= 4 is 30.8 Å². The van der Waals surface area contributed by atoms with Gasteiger partial charge in [0, 0.05) is 31.5 Å². The maximum atomic E-state index is 11.2. The van der Waals surface area contributed by atoms with Crippen molar-refractivity contribution in [2.24, 2.45) is 5.92 Å². The smallest absolute Gasteiger partial charge is 0.307 e. The molecule has 0 saturated carbocycles. The standard InChI is InChI=1S/C17H25N3O2.2ClH/c21-17(22)15-2-1-9-20(13-15)16-5-10-19(11-6-16)12-14-3-7-18-8-4-14;;/h3-4,7-8,15-16H,1-2,5-6,9-13H2,(H,21,22);2*1H. The number of carboxylic acid groups (broad SMARTS) is 1. The Kier molecular flexibility index (Phi) is 8.98. The van der Waals surface area contributed by atoms with Crippen LogP contribution in [0.5, 0.6) is 0 Å². The van der Waals surface area contributed by atoms with Gasteiger partial charge in [0.2, 0.25) is 0 Å². The second kappa shape index (κ2) is 10.2. The number of carbonyl (C=O) groups is 1. The van der Waals surface area contributed by atoms with E-state index in [0.717, 1.165) is 58.4 Å². The van der Waals surface area contributed by atoms with Gasteiger partial charge >= 0.3 is 5.97 Å². The number of halogens is 2. The Morgan fingerprint density at radius 3 is 2.42 bits per heavy atom. The molecule has 24 heavy (non-hydrogen) atoms. The first-order valence-corrected chi connectivity index (χ1v) is 8.30. The van der Waals surface area contributed by atoms with Gasteiger partial charge in [0.15, 0.2) is 0 Å². The van der Waals surface area contributed by atoms with Crippen molar-refractivity contribution in [2.75, 3.05) is 26.2 Å². The van der Waals surface area contributed by atoms with Crippen LogP contribution in [0.15, 0.2) is 24.5 Å². The zero-order valence-corrected chi connectivity index (χ0v) is 15.5. The Morgan fingerprint density at radius 1 is 1.12 bits per heavy atom. The molecule has 1 unspecified atom stereocenters. The Hall–Kier alpha value is -0.880. The fourth-order valence-corrected chi connectivity index (χ4v) is 3.73. The van der Waals surface area contributed by atoms with E-state index in [2.05, 4.69) is 26.9 Å². The lowest BCUT2D eigenvalue weighted by molar-refractivity contribution is -0.144. The molecule has 0 aliphatic carbocycles. The largest absolute Gasteiger partial charge is 0.481 e. The first kappa shape index (κ1) is 21.2. The molecule has 0 radical (unpaired) electrons. The summed E-state index contributed by atoms with van der Waals surface area (Å²) in [4.78, 5) is 20.2. The Balaban J connectivity index is 0.00000144. The van der Waals surface area contributed by atoms with Crippen LogP contribution in [-0.2, 0) is 11.3 Å². The average Bonchev–Trinajstić information content (AvgIpc) is 2.56. The van der Waals surface area contributed by atoms with Crippen molar-refractivity contribution in [3.8, 4) is 0 Å². The van der Waals surface area contributed by atoms with Gasteiger partial charge in [-0.05, 0) is 63.0 Å². The highest BCUT2D eigenvalue weighted by Gasteiger charge is 2.31. The topological polar surface area (TPSA) is 56.7 Å². The summed E-state index contributed by atoms with van der Waals surface area (Å²) >= 11 is 0. The van der Waals surface area contributed by atoms with Gasteiger partial charge in [-0.15, -0.1) is 24.8 Å².